The van der Waals surface area contributed by atoms with E-state index in [-0.39, 0.29) is 5.91 Å². The van der Waals surface area contributed by atoms with Gasteiger partial charge in [-0.3, -0.25) is 4.79 Å². The van der Waals surface area contributed by atoms with E-state index in [1.54, 1.807) is 23.1 Å². The summed E-state index contributed by atoms with van der Waals surface area (Å²) in [5.41, 5.74) is 4.24. The average molecular weight is 328 g/mol. The number of carbonyl (C=O) groups is 1. The highest BCUT2D eigenvalue weighted by Crippen LogP contribution is 2.25. The molecular weight excluding hydrogens is 312 g/mol. The van der Waals surface area contributed by atoms with Gasteiger partial charge >= 0.3 is 0 Å². The van der Waals surface area contributed by atoms with Crippen LogP contribution in [0.3, 0.4) is 0 Å². The fourth-order valence-corrected chi connectivity index (χ4v) is 3.73. The lowest BCUT2D eigenvalue weighted by Crippen LogP contribution is -2.11. The number of nitrogens with zero attached hydrogens (tertiary/aromatic N) is 1. The summed E-state index contributed by atoms with van der Waals surface area (Å²) in [6, 6.07) is 13.5. The minimum absolute atomic E-state index is 0.0879. The van der Waals surface area contributed by atoms with Crippen LogP contribution in [0.1, 0.15) is 24.2 Å². The molecule has 112 valence electrons. The highest BCUT2D eigenvalue weighted by molar-refractivity contribution is 7.99. The van der Waals surface area contributed by atoms with E-state index in [0.717, 1.165) is 20.8 Å². The Bertz CT molecular complexity index is 811. The fraction of sp³-hybridized carbons (Fsp3) is 0.176. The smallest absolute Gasteiger partial charge is 0.255 e. The summed E-state index contributed by atoms with van der Waals surface area (Å²) in [5.74, 6) is -0.0879. The molecule has 22 heavy (non-hydrogen) atoms. The minimum atomic E-state index is -0.0879. The quantitative estimate of drug-likeness (QED) is 0.682. The molecule has 5 heteroatoms. The molecule has 0 aliphatic rings. The van der Waals surface area contributed by atoms with E-state index in [1.165, 1.54) is 0 Å². The molecule has 0 spiro atoms. The number of fused-ring (bicyclic) bond motifs is 1. The molecule has 0 fully saturated rings. The Morgan fingerprint density at radius 2 is 2.09 bits per heavy atom. The Labute approximate surface area is 137 Å². The first-order chi connectivity index (χ1) is 10.6. The second kappa shape index (κ2) is 6.50. The van der Waals surface area contributed by atoms with Gasteiger partial charge in [0.25, 0.3) is 5.91 Å². The number of thiazole rings is 1. The molecule has 0 bridgehead atoms. The molecule has 0 unspecified atom stereocenters. The number of benzene rings is 2. The molecule has 0 saturated carbocycles. The standard InChI is InChI=1S/C17H16N2OS2/c1-11(2)22-14-5-3-4-12(8-14)17(20)19-13-6-7-15-16(9-13)21-10-18-15/h3-11H,1-2H3,(H,19,20). The van der Waals surface area contributed by atoms with Crippen molar-refractivity contribution in [1.29, 1.82) is 0 Å². The number of carbonyl (C=O) groups excluding carboxylic acids is 1. The molecule has 3 nitrogen and oxygen atoms in total. The van der Waals surface area contributed by atoms with Crippen molar-refractivity contribution in [2.24, 2.45) is 0 Å². The first-order valence-electron chi connectivity index (χ1n) is 7.03. The van der Waals surface area contributed by atoms with Gasteiger partial charge in [-0.05, 0) is 36.4 Å². The van der Waals surface area contributed by atoms with Crippen molar-refractivity contribution in [3.63, 3.8) is 0 Å². The number of anilines is 1. The Balaban J connectivity index is 1.78. The topological polar surface area (TPSA) is 42.0 Å². The zero-order chi connectivity index (χ0) is 15.5. The number of hydrogen-bond acceptors (Lipinski definition) is 4. The number of thioether (sulfide) groups is 1. The lowest BCUT2D eigenvalue weighted by molar-refractivity contribution is 0.102. The van der Waals surface area contributed by atoms with E-state index in [1.807, 2.05) is 48.0 Å². The van der Waals surface area contributed by atoms with Gasteiger partial charge in [0.1, 0.15) is 0 Å². The van der Waals surface area contributed by atoms with Gasteiger partial charge in [-0.1, -0.05) is 19.9 Å². The van der Waals surface area contributed by atoms with Gasteiger partial charge in [-0.2, -0.15) is 0 Å². The van der Waals surface area contributed by atoms with Crippen LogP contribution in [0.2, 0.25) is 0 Å². The summed E-state index contributed by atoms with van der Waals surface area (Å²) in [6.07, 6.45) is 0. The van der Waals surface area contributed by atoms with Crippen molar-refractivity contribution in [1.82, 2.24) is 4.98 Å². The number of aromatic nitrogens is 1. The molecule has 0 radical (unpaired) electrons. The highest BCUT2D eigenvalue weighted by Gasteiger charge is 2.08. The molecule has 3 rings (SSSR count). The molecular formula is C17H16N2OS2. The molecule has 0 atom stereocenters. The van der Waals surface area contributed by atoms with Crippen molar-refractivity contribution in [3.8, 4) is 0 Å². The maximum Gasteiger partial charge on any atom is 0.255 e. The van der Waals surface area contributed by atoms with Crippen LogP contribution in [-0.2, 0) is 0 Å². The number of nitrogens with one attached hydrogen (secondary N) is 1. The average Bonchev–Trinajstić information content (AvgIpc) is 2.94. The Morgan fingerprint density at radius 1 is 1.23 bits per heavy atom. The largest absolute Gasteiger partial charge is 0.322 e. The van der Waals surface area contributed by atoms with Crippen LogP contribution in [0.15, 0.2) is 52.9 Å². The van der Waals surface area contributed by atoms with Gasteiger partial charge in [0.15, 0.2) is 0 Å². The van der Waals surface area contributed by atoms with E-state index in [0.29, 0.717) is 10.8 Å². The fourth-order valence-electron chi connectivity index (χ4n) is 2.12. The SMILES string of the molecule is CC(C)Sc1cccc(C(=O)Nc2ccc3ncsc3c2)c1. The number of amides is 1. The summed E-state index contributed by atoms with van der Waals surface area (Å²) >= 11 is 3.32. The highest BCUT2D eigenvalue weighted by atomic mass is 32.2. The number of rotatable bonds is 4. The van der Waals surface area contributed by atoms with Crippen LogP contribution < -0.4 is 5.32 Å². The van der Waals surface area contributed by atoms with E-state index in [9.17, 15) is 4.79 Å². The Morgan fingerprint density at radius 3 is 2.91 bits per heavy atom. The predicted octanol–water partition coefficient (Wildman–Crippen LogP) is 5.05. The van der Waals surface area contributed by atoms with Crippen molar-refractivity contribution < 1.29 is 4.79 Å². The van der Waals surface area contributed by atoms with Crippen molar-refractivity contribution in [2.45, 2.75) is 24.0 Å². The van der Waals surface area contributed by atoms with Crippen LogP contribution in [0.5, 0.6) is 0 Å². The Kier molecular flexibility index (Phi) is 4.45. The molecule has 1 amide bonds. The third kappa shape index (κ3) is 3.48. The van der Waals surface area contributed by atoms with Gasteiger partial charge in [0.05, 0.1) is 15.7 Å². The van der Waals surface area contributed by atoms with E-state index < -0.39 is 0 Å². The van der Waals surface area contributed by atoms with E-state index in [2.05, 4.69) is 24.1 Å². The first-order valence-corrected chi connectivity index (χ1v) is 8.79. The molecule has 3 aromatic rings. The van der Waals surface area contributed by atoms with Gasteiger partial charge in [-0.15, -0.1) is 23.1 Å². The maximum atomic E-state index is 12.4. The number of hydrogen-bond donors (Lipinski definition) is 1. The Hall–Kier alpha value is -1.85. The summed E-state index contributed by atoms with van der Waals surface area (Å²) in [4.78, 5) is 17.7. The van der Waals surface area contributed by atoms with Gasteiger partial charge in [0, 0.05) is 21.4 Å². The molecule has 1 aromatic heterocycles. The first kappa shape index (κ1) is 15.1. The summed E-state index contributed by atoms with van der Waals surface area (Å²) in [5, 5.41) is 3.44. The molecule has 0 aliphatic carbocycles. The summed E-state index contributed by atoms with van der Waals surface area (Å²) < 4.78 is 1.07. The van der Waals surface area contributed by atoms with Crippen molar-refractivity contribution in [3.05, 3.63) is 53.5 Å². The summed E-state index contributed by atoms with van der Waals surface area (Å²) in [7, 11) is 0. The third-order valence-electron chi connectivity index (χ3n) is 3.06. The van der Waals surface area contributed by atoms with Gasteiger partial charge in [0.2, 0.25) is 0 Å². The lowest BCUT2D eigenvalue weighted by Gasteiger charge is -2.08. The normalized spacial score (nSPS) is 11.0. The molecule has 0 saturated heterocycles. The summed E-state index contributed by atoms with van der Waals surface area (Å²) in [6.45, 7) is 4.28. The lowest BCUT2D eigenvalue weighted by atomic mass is 10.2. The van der Waals surface area contributed by atoms with Crippen LogP contribution in [0, 0.1) is 0 Å². The molecule has 1 heterocycles. The predicted molar refractivity (Wildman–Crippen MR) is 95.0 cm³/mol. The second-order valence-electron chi connectivity index (χ2n) is 5.18. The zero-order valence-electron chi connectivity index (χ0n) is 12.4. The van der Waals surface area contributed by atoms with Crippen LogP contribution >= 0.6 is 23.1 Å². The minimum Gasteiger partial charge on any atom is -0.322 e. The van der Waals surface area contributed by atoms with Crippen LogP contribution in [0.4, 0.5) is 5.69 Å². The van der Waals surface area contributed by atoms with Crippen LogP contribution in [0.25, 0.3) is 10.2 Å². The molecule has 0 aliphatic heterocycles. The monoisotopic (exact) mass is 328 g/mol. The van der Waals surface area contributed by atoms with Crippen molar-refractivity contribution >= 4 is 44.9 Å². The van der Waals surface area contributed by atoms with Crippen molar-refractivity contribution in [2.75, 3.05) is 5.32 Å². The molecule has 2 aromatic carbocycles. The van der Waals surface area contributed by atoms with Crippen LogP contribution in [-0.4, -0.2) is 16.1 Å². The zero-order valence-corrected chi connectivity index (χ0v) is 14.0. The van der Waals surface area contributed by atoms with E-state index in [4.69, 9.17) is 0 Å². The maximum absolute atomic E-state index is 12.4. The van der Waals surface area contributed by atoms with E-state index >= 15 is 0 Å². The molecule has 1 N–H and O–H groups in total. The van der Waals surface area contributed by atoms with Gasteiger partial charge < -0.3 is 5.32 Å². The third-order valence-corrected chi connectivity index (χ3v) is 4.85. The second-order valence-corrected chi connectivity index (χ2v) is 7.72. The van der Waals surface area contributed by atoms with Gasteiger partial charge in [-0.25, -0.2) is 4.98 Å².